The van der Waals surface area contributed by atoms with Gasteiger partial charge in [-0.3, -0.25) is 10.1 Å². The van der Waals surface area contributed by atoms with Gasteiger partial charge in [0.2, 0.25) is 10.0 Å². The van der Waals surface area contributed by atoms with Gasteiger partial charge in [-0.25, -0.2) is 13.1 Å². The maximum Gasteiger partial charge on any atom is 0.269 e. The number of benzene rings is 2. The lowest BCUT2D eigenvalue weighted by Gasteiger charge is -2.20. The number of sulfonamides is 1. The first kappa shape index (κ1) is 19.8. The number of halogens is 1. The van der Waals surface area contributed by atoms with E-state index in [0.717, 1.165) is 12.1 Å². The minimum absolute atomic E-state index is 0.00395. The molecule has 0 amide bonds. The van der Waals surface area contributed by atoms with Crippen molar-refractivity contribution in [3.05, 3.63) is 74.8 Å². The number of nitro groups is 1. The fraction of sp³-hybridized carbons (Fsp3) is 0.188. The molecule has 0 aromatic heterocycles. The zero-order chi connectivity index (χ0) is 19.3. The Balaban J connectivity index is 2.34. The first-order chi connectivity index (χ1) is 12.2. The number of rotatable bonds is 8. The maximum atomic E-state index is 12.4. The molecule has 1 N–H and O–H groups in total. The first-order valence-electron chi connectivity index (χ1n) is 7.35. The summed E-state index contributed by atoms with van der Waals surface area (Å²) in [5, 5.41) is 22.0. The largest absolute Gasteiger partial charge is 0.550 e. The van der Waals surface area contributed by atoms with Crippen molar-refractivity contribution >= 4 is 33.3 Å². The van der Waals surface area contributed by atoms with Crippen LogP contribution in [0, 0.1) is 10.1 Å². The summed E-state index contributed by atoms with van der Waals surface area (Å²) >= 11 is 6.00. The van der Waals surface area contributed by atoms with E-state index >= 15 is 0 Å². The van der Waals surface area contributed by atoms with Crippen LogP contribution in [0.25, 0.3) is 0 Å². The highest BCUT2D eigenvalue weighted by Crippen LogP contribution is 2.30. The van der Waals surface area contributed by atoms with Crippen molar-refractivity contribution in [2.45, 2.75) is 18.2 Å². The average Bonchev–Trinajstić information content (AvgIpc) is 2.54. The summed E-state index contributed by atoms with van der Waals surface area (Å²) in [5.74, 6) is -1.91. The number of carbonyl (C=O) groups is 1. The molecular formula is C16H14ClN2O6S-. The highest BCUT2D eigenvalue weighted by Gasteiger charge is 2.24. The van der Waals surface area contributed by atoms with Gasteiger partial charge in [0.05, 0.1) is 16.7 Å². The molecule has 2 aromatic carbocycles. The predicted molar refractivity (Wildman–Crippen MR) is 92.7 cm³/mol. The molecule has 1 atom stereocenters. The predicted octanol–water partition coefficient (Wildman–Crippen LogP) is 1.55. The monoisotopic (exact) mass is 397 g/mol. The van der Waals surface area contributed by atoms with Crippen molar-refractivity contribution < 1.29 is 23.2 Å². The Morgan fingerprint density at radius 1 is 1.19 bits per heavy atom. The van der Waals surface area contributed by atoms with Crippen LogP contribution < -0.4 is 9.83 Å². The smallest absolute Gasteiger partial charge is 0.269 e. The SMILES string of the molecule is O=C([O-])C[C@H](NS(=O)(=O)Cc1ccccc1)c1cc([N+](=O)[O-])ccc1Cl. The van der Waals surface area contributed by atoms with Crippen LogP contribution in [-0.2, 0) is 20.6 Å². The van der Waals surface area contributed by atoms with Gasteiger partial charge in [-0.05, 0) is 17.2 Å². The number of carboxylic acids is 1. The van der Waals surface area contributed by atoms with Crippen LogP contribution in [-0.4, -0.2) is 19.3 Å². The van der Waals surface area contributed by atoms with Crippen LogP contribution in [0.4, 0.5) is 5.69 Å². The molecule has 0 fully saturated rings. The minimum Gasteiger partial charge on any atom is -0.550 e. The summed E-state index contributed by atoms with van der Waals surface area (Å²) in [4.78, 5) is 21.3. The molecule has 138 valence electrons. The van der Waals surface area contributed by atoms with Crippen molar-refractivity contribution in [2.75, 3.05) is 0 Å². The van der Waals surface area contributed by atoms with Gasteiger partial charge in [-0.15, -0.1) is 0 Å². The Morgan fingerprint density at radius 2 is 1.85 bits per heavy atom. The number of non-ortho nitro benzene ring substituents is 1. The number of aliphatic carboxylic acids is 1. The van der Waals surface area contributed by atoms with E-state index < -0.39 is 33.4 Å². The number of nitrogens with zero attached hydrogens (tertiary/aromatic N) is 1. The van der Waals surface area contributed by atoms with E-state index in [2.05, 4.69) is 4.72 Å². The van der Waals surface area contributed by atoms with E-state index in [-0.39, 0.29) is 22.0 Å². The Bertz CT molecular complexity index is 918. The molecule has 0 unspecified atom stereocenters. The lowest BCUT2D eigenvalue weighted by atomic mass is 10.0. The molecular weight excluding hydrogens is 384 g/mol. The third-order valence-corrected chi connectivity index (χ3v) is 5.16. The second-order valence-corrected chi connectivity index (χ2v) is 7.62. The zero-order valence-corrected chi connectivity index (χ0v) is 14.9. The molecule has 0 aliphatic carbocycles. The molecule has 0 aliphatic rings. The highest BCUT2D eigenvalue weighted by molar-refractivity contribution is 7.88. The van der Waals surface area contributed by atoms with Crippen molar-refractivity contribution in [1.29, 1.82) is 0 Å². The molecule has 0 saturated heterocycles. The van der Waals surface area contributed by atoms with Crippen LogP contribution >= 0.6 is 11.6 Å². The quantitative estimate of drug-likeness (QED) is 0.531. The lowest BCUT2D eigenvalue weighted by molar-refractivity contribution is -0.385. The summed E-state index contributed by atoms with van der Waals surface area (Å²) in [7, 11) is -3.95. The Kier molecular flexibility index (Phi) is 6.30. The summed E-state index contributed by atoms with van der Waals surface area (Å²) in [5.41, 5.74) is 0.147. The number of hydrogen-bond acceptors (Lipinski definition) is 6. The van der Waals surface area contributed by atoms with E-state index in [9.17, 15) is 28.4 Å². The highest BCUT2D eigenvalue weighted by atomic mass is 35.5. The lowest BCUT2D eigenvalue weighted by Crippen LogP contribution is -2.35. The third kappa shape index (κ3) is 5.51. The van der Waals surface area contributed by atoms with Crippen LogP contribution in [0.2, 0.25) is 5.02 Å². The zero-order valence-electron chi connectivity index (χ0n) is 13.3. The fourth-order valence-electron chi connectivity index (χ4n) is 2.35. The van der Waals surface area contributed by atoms with Crippen LogP contribution in [0.3, 0.4) is 0 Å². The van der Waals surface area contributed by atoms with Gasteiger partial charge in [0, 0.05) is 29.5 Å². The molecule has 2 aromatic rings. The third-order valence-electron chi connectivity index (χ3n) is 3.46. The van der Waals surface area contributed by atoms with Gasteiger partial charge in [-0.1, -0.05) is 41.9 Å². The fourth-order valence-corrected chi connectivity index (χ4v) is 3.95. The summed E-state index contributed by atoms with van der Waals surface area (Å²) in [6.07, 6.45) is -0.727. The van der Waals surface area contributed by atoms with E-state index in [1.54, 1.807) is 30.3 Å². The Labute approximate surface area is 154 Å². The molecule has 26 heavy (non-hydrogen) atoms. The second-order valence-electron chi connectivity index (χ2n) is 5.45. The van der Waals surface area contributed by atoms with Crippen molar-refractivity contribution in [1.82, 2.24) is 4.72 Å². The van der Waals surface area contributed by atoms with Crippen LogP contribution in [0.15, 0.2) is 48.5 Å². The summed E-state index contributed by atoms with van der Waals surface area (Å²) in [6.45, 7) is 0. The second kappa shape index (κ2) is 8.26. The van der Waals surface area contributed by atoms with E-state index in [0.29, 0.717) is 5.56 Å². The van der Waals surface area contributed by atoms with Gasteiger partial charge in [-0.2, -0.15) is 0 Å². The van der Waals surface area contributed by atoms with Gasteiger partial charge >= 0.3 is 0 Å². The number of nitrogens with one attached hydrogen (secondary N) is 1. The molecule has 0 heterocycles. The maximum absolute atomic E-state index is 12.4. The molecule has 0 aliphatic heterocycles. The average molecular weight is 398 g/mol. The van der Waals surface area contributed by atoms with Gasteiger partial charge in [0.15, 0.2) is 0 Å². The Morgan fingerprint density at radius 3 is 2.42 bits per heavy atom. The Hall–Kier alpha value is -2.49. The van der Waals surface area contributed by atoms with Crippen molar-refractivity contribution in [3.8, 4) is 0 Å². The van der Waals surface area contributed by atoms with Crippen molar-refractivity contribution in [3.63, 3.8) is 0 Å². The van der Waals surface area contributed by atoms with Crippen LogP contribution in [0.5, 0.6) is 0 Å². The summed E-state index contributed by atoms with van der Waals surface area (Å²) in [6, 6.07) is 10.4. The molecule has 0 bridgehead atoms. The van der Waals surface area contributed by atoms with Crippen LogP contribution in [0.1, 0.15) is 23.6 Å². The molecule has 0 saturated carbocycles. The topological polar surface area (TPSA) is 129 Å². The first-order valence-corrected chi connectivity index (χ1v) is 9.38. The van der Waals surface area contributed by atoms with Crippen molar-refractivity contribution in [2.24, 2.45) is 0 Å². The number of nitro benzene ring substituents is 1. The normalized spacial score (nSPS) is 12.5. The molecule has 0 spiro atoms. The van der Waals surface area contributed by atoms with E-state index in [4.69, 9.17) is 11.6 Å². The number of carboxylic acid groups (broad SMARTS) is 1. The van der Waals surface area contributed by atoms with Gasteiger partial charge in [0.25, 0.3) is 5.69 Å². The molecule has 8 nitrogen and oxygen atoms in total. The standard InChI is InChI=1S/C16H15ClN2O6S/c17-14-7-6-12(19(22)23)8-13(14)15(9-16(20)21)18-26(24,25)10-11-4-2-1-3-5-11/h1-8,15,18H,9-10H2,(H,20,21)/p-1/t15-/m0/s1. The molecule has 0 radical (unpaired) electrons. The summed E-state index contributed by atoms with van der Waals surface area (Å²) < 4.78 is 27.0. The number of carbonyl (C=O) groups excluding carboxylic acids is 1. The van der Waals surface area contributed by atoms with Gasteiger partial charge in [0.1, 0.15) is 0 Å². The number of hydrogen-bond donors (Lipinski definition) is 1. The van der Waals surface area contributed by atoms with E-state index in [1.165, 1.54) is 6.07 Å². The van der Waals surface area contributed by atoms with Gasteiger partial charge < -0.3 is 9.90 Å². The molecule has 2 rings (SSSR count). The van der Waals surface area contributed by atoms with E-state index in [1.807, 2.05) is 0 Å². The minimum atomic E-state index is -3.95. The molecule has 10 heteroatoms.